The van der Waals surface area contributed by atoms with Crippen LogP contribution in [0.3, 0.4) is 0 Å². The quantitative estimate of drug-likeness (QED) is 0.633. The van der Waals surface area contributed by atoms with E-state index in [4.69, 9.17) is 5.73 Å². The SMILES string of the molecule is C[Si](C)(C)CCS(=O)(=O)NCCN. The molecule has 0 rings (SSSR count). The molecule has 0 heterocycles. The Balaban J connectivity index is 3.91. The van der Waals surface area contributed by atoms with Gasteiger partial charge in [0.2, 0.25) is 10.0 Å². The van der Waals surface area contributed by atoms with E-state index in [1.165, 1.54) is 0 Å². The molecular weight excluding hydrogens is 204 g/mol. The van der Waals surface area contributed by atoms with Gasteiger partial charge in [-0.3, -0.25) is 0 Å². The van der Waals surface area contributed by atoms with Crippen LogP contribution in [-0.2, 0) is 10.0 Å². The van der Waals surface area contributed by atoms with Crippen molar-refractivity contribution in [3.05, 3.63) is 0 Å². The fraction of sp³-hybridized carbons (Fsp3) is 1.00. The standard InChI is InChI=1S/C7H20N2O2SSi/c1-13(2,3)7-6-12(10,11)9-5-4-8/h9H,4-8H2,1-3H3. The van der Waals surface area contributed by atoms with Gasteiger partial charge in [0.15, 0.2) is 0 Å². The topological polar surface area (TPSA) is 72.2 Å². The molecule has 0 radical (unpaired) electrons. The summed E-state index contributed by atoms with van der Waals surface area (Å²) >= 11 is 0. The van der Waals surface area contributed by atoms with E-state index in [2.05, 4.69) is 24.4 Å². The van der Waals surface area contributed by atoms with Crippen LogP contribution in [0.4, 0.5) is 0 Å². The first-order valence-electron chi connectivity index (χ1n) is 4.44. The van der Waals surface area contributed by atoms with E-state index in [0.717, 1.165) is 6.04 Å². The van der Waals surface area contributed by atoms with Gasteiger partial charge in [0.1, 0.15) is 0 Å². The van der Waals surface area contributed by atoms with Crippen molar-refractivity contribution in [2.45, 2.75) is 25.7 Å². The molecule has 0 spiro atoms. The minimum Gasteiger partial charge on any atom is -0.329 e. The third-order valence-electron chi connectivity index (χ3n) is 1.59. The normalized spacial score (nSPS) is 13.2. The molecule has 0 aliphatic rings. The number of nitrogens with two attached hydrogens (primary N) is 1. The summed E-state index contributed by atoms with van der Waals surface area (Å²) in [6.07, 6.45) is 0. The molecule has 0 saturated heterocycles. The lowest BCUT2D eigenvalue weighted by molar-refractivity contribution is 0.583. The number of hydrogen-bond donors (Lipinski definition) is 2. The summed E-state index contributed by atoms with van der Waals surface area (Å²) < 4.78 is 25.0. The van der Waals surface area contributed by atoms with Crippen LogP contribution in [0.2, 0.25) is 25.7 Å². The molecule has 0 aromatic rings. The van der Waals surface area contributed by atoms with Crippen molar-refractivity contribution in [1.82, 2.24) is 4.72 Å². The van der Waals surface area contributed by atoms with Crippen LogP contribution >= 0.6 is 0 Å². The summed E-state index contributed by atoms with van der Waals surface area (Å²) in [5.41, 5.74) is 5.20. The Morgan fingerprint density at radius 1 is 1.31 bits per heavy atom. The Morgan fingerprint density at radius 2 is 1.85 bits per heavy atom. The Kier molecular flexibility index (Phi) is 5.12. The van der Waals surface area contributed by atoms with Gasteiger partial charge < -0.3 is 5.73 Å². The molecule has 0 aliphatic carbocycles. The number of nitrogens with one attached hydrogen (secondary N) is 1. The molecule has 3 N–H and O–H groups in total. The van der Waals surface area contributed by atoms with Crippen molar-refractivity contribution in [2.75, 3.05) is 18.8 Å². The fourth-order valence-electron chi connectivity index (χ4n) is 0.727. The maximum atomic E-state index is 11.3. The van der Waals surface area contributed by atoms with E-state index in [9.17, 15) is 8.42 Å². The molecule has 0 amide bonds. The van der Waals surface area contributed by atoms with Crippen molar-refractivity contribution < 1.29 is 8.42 Å². The van der Waals surface area contributed by atoms with Crippen molar-refractivity contribution >= 4 is 18.1 Å². The van der Waals surface area contributed by atoms with Crippen LogP contribution in [0.5, 0.6) is 0 Å². The maximum Gasteiger partial charge on any atom is 0.211 e. The van der Waals surface area contributed by atoms with E-state index < -0.39 is 18.1 Å². The molecular formula is C7H20N2O2SSi. The minimum absolute atomic E-state index is 0.239. The zero-order valence-corrected chi connectivity index (χ0v) is 10.4. The summed E-state index contributed by atoms with van der Waals surface area (Å²) in [5, 5.41) is 0. The summed E-state index contributed by atoms with van der Waals surface area (Å²) in [6, 6.07) is 0.799. The molecule has 0 bridgehead atoms. The zero-order chi connectivity index (χ0) is 10.5. The summed E-state index contributed by atoms with van der Waals surface area (Å²) in [4.78, 5) is 0. The van der Waals surface area contributed by atoms with Gasteiger partial charge in [-0.05, 0) is 6.04 Å². The highest BCUT2D eigenvalue weighted by molar-refractivity contribution is 7.89. The van der Waals surface area contributed by atoms with Gasteiger partial charge >= 0.3 is 0 Å². The monoisotopic (exact) mass is 224 g/mol. The van der Waals surface area contributed by atoms with Gasteiger partial charge in [0.05, 0.1) is 5.75 Å². The van der Waals surface area contributed by atoms with Gasteiger partial charge in [0, 0.05) is 21.2 Å². The van der Waals surface area contributed by atoms with Gasteiger partial charge in [-0.15, -0.1) is 0 Å². The molecule has 0 fully saturated rings. The Bertz CT molecular complexity index is 233. The van der Waals surface area contributed by atoms with Gasteiger partial charge in [0.25, 0.3) is 0 Å². The first-order chi connectivity index (χ1) is 5.77. The van der Waals surface area contributed by atoms with Crippen LogP contribution in [0.15, 0.2) is 0 Å². The van der Waals surface area contributed by atoms with Gasteiger partial charge in [-0.1, -0.05) is 19.6 Å². The lowest BCUT2D eigenvalue weighted by Gasteiger charge is -2.15. The van der Waals surface area contributed by atoms with Crippen LogP contribution < -0.4 is 10.5 Å². The second-order valence-electron chi connectivity index (χ2n) is 4.31. The summed E-state index contributed by atoms with van der Waals surface area (Å²) in [7, 11) is -4.33. The van der Waals surface area contributed by atoms with Crippen LogP contribution in [0.1, 0.15) is 0 Å². The third-order valence-corrected chi connectivity index (χ3v) is 5.09. The van der Waals surface area contributed by atoms with Crippen molar-refractivity contribution in [1.29, 1.82) is 0 Å². The minimum atomic E-state index is -3.07. The Hall–Kier alpha value is 0.0869. The summed E-state index contributed by atoms with van der Waals surface area (Å²) in [6.45, 7) is 7.17. The second-order valence-corrected chi connectivity index (χ2v) is 11.9. The molecule has 80 valence electrons. The molecule has 0 saturated carbocycles. The highest BCUT2D eigenvalue weighted by atomic mass is 32.2. The molecule has 0 atom stereocenters. The Morgan fingerprint density at radius 3 is 2.23 bits per heavy atom. The number of rotatable bonds is 6. The number of hydrogen-bond acceptors (Lipinski definition) is 3. The van der Waals surface area contributed by atoms with Crippen LogP contribution in [-0.4, -0.2) is 35.3 Å². The van der Waals surface area contributed by atoms with Crippen molar-refractivity contribution in [3.63, 3.8) is 0 Å². The average Bonchev–Trinajstić information content (AvgIpc) is 1.97. The average molecular weight is 224 g/mol. The van der Waals surface area contributed by atoms with E-state index in [0.29, 0.717) is 13.1 Å². The fourth-order valence-corrected chi connectivity index (χ4v) is 4.82. The van der Waals surface area contributed by atoms with E-state index in [-0.39, 0.29) is 5.75 Å². The third kappa shape index (κ3) is 8.42. The van der Waals surface area contributed by atoms with Crippen LogP contribution in [0, 0.1) is 0 Å². The van der Waals surface area contributed by atoms with Gasteiger partial charge in [-0.2, -0.15) is 0 Å². The molecule has 6 heteroatoms. The summed E-state index contributed by atoms with van der Waals surface area (Å²) in [5.74, 6) is 0.239. The maximum absolute atomic E-state index is 11.3. The molecule has 0 aliphatic heterocycles. The largest absolute Gasteiger partial charge is 0.329 e. The first kappa shape index (κ1) is 13.1. The molecule has 4 nitrogen and oxygen atoms in total. The molecule has 0 aromatic heterocycles. The van der Waals surface area contributed by atoms with E-state index >= 15 is 0 Å². The lowest BCUT2D eigenvalue weighted by atomic mass is 10.7. The lowest BCUT2D eigenvalue weighted by Crippen LogP contribution is -2.34. The van der Waals surface area contributed by atoms with Crippen molar-refractivity contribution in [3.8, 4) is 0 Å². The van der Waals surface area contributed by atoms with E-state index in [1.54, 1.807) is 0 Å². The molecule has 0 unspecified atom stereocenters. The molecule has 0 aromatic carbocycles. The highest BCUT2D eigenvalue weighted by Crippen LogP contribution is 2.08. The van der Waals surface area contributed by atoms with Crippen LogP contribution in [0.25, 0.3) is 0 Å². The molecule has 13 heavy (non-hydrogen) atoms. The zero-order valence-electron chi connectivity index (χ0n) is 8.63. The smallest absolute Gasteiger partial charge is 0.211 e. The predicted octanol–water partition coefficient (Wildman–Crippen LogP) is 0.203. The predicted molar refractivity (Wildman–Crippen MR) is 59.0 cm³/mol. The van der Waals surface area contributed by atoms with E-state index in [1.807, 2.05) is 0 Å². The van der Waals surface area contributed by atoms with Gasteiger partial charge in [-0.25, -0.2) is 13.1 Å². The highest BCUT2D eigenvalue weighted by Gasteiger charge is 2.18. The first-order valence-corrected chi connectivity index (χ1v) is 9.80. The Labute approximate surface area is 82.0 Å². The van der Waals surface area contributed by atoms with Crippen molar-refractivity contribution in [2.24, 2.45) is 5.73 Å². The second kappa shape index (κ2) is 5.09. The number of sulfonamides is 1.